The Hall–Kier alpha value is -1.13. The molecule has 1 aliphatic heterocycles. The average Bonchev–Trinajstić information content (AvgIpc) is 2.82. The van der Waals surface area contributed by atoms with E-state index in [1.54, 1.807) is 0 Å². The summed E-state index contributed by atoms with van der Waals surface area (Å²) in [6, 6.07) is 4.13. The lowest BCUT2D eigenvalue weighted by molar-refractivity contribution is 0.0793. The van der Waals surface area contributed by atoms with Crippen LogP contribution in [0.3, 0.4) is 0 Å². The van der Waals surface area contributed by atoms with Crippen molar-refractivity contribution in [2.45, 2.75) is 25.5 Å². The summed E-state index contributed by atoms with van der Waals surface area (Å²) in [5.41, 5.74) is 1.24. The molecule has 0 aromatic carbocycles. The highest BCUT2D eigenvalue weighted by Crippen LogP contribution is 2.14. The predicted octanol–water partition coefficient (Wildman–Crippen LogP) is 1.73. The fourth-order valence-electron chi connectivity index (χ4n) is 2.18. The molecule has 0 aliphatic carbocycles. The molecule has 0 amide bonds. The number of nitrogens with one attached hydrogen (secondary N) is 1. The molecule has 1 unspecified atom stereocenters. The number of pyridine rings is 1. The van der Waals surface area contributed by atoms with Gasteiger partial charge in [0, 0.05) is 32.9 Å². The predicted molar refractivity (Wildman–Crippen MR) is 69.1 cm³/mol. The van der Waals surface area contributed by atoms with Gasteiger partial charge < -0.3 is 10.1 Å². The summed E-state index contributed by atoms with van der Waals surface area (Å²) in [6.07, 6.45) is 4.75. The van der Waals surface area contributed by atoms with Crippen LogP contribution in [0.5, 0.6) is 0 Å². The van der Waals surface area contributed by atoms with E-state index in [0.717, 1.165) is 25.5 Å². The number of ether oxygens (including phenoxy) is 1. The number of likely N-dealkylation sites (N-methyl/N-ethyl adjacent to an activating group) is 1. The molecule has 1 N–H and O–H groups in total. The van der Waals surface area contributed by atoms with E-state index in [4.69, 9.17) is 4.74 Å². The van der Waals surface area contributed by atoms with Gasteiger partial charge in [-0.15, -0.1) is 0 Å². The Bertz CT molecular complexity index is 333. The summed E-state index contributed by atoms with van der Waals surface area (Å²) >= 11 is 0. The Morgan fingerprint density at radius 2 is 2.41 bits per heavy atom. The molecule has 1 saturated heterocycles. The maximum absolute atomic E-state index is 5.63. The number of hydrogen-bond acceptors (Lipinski definition) is 4. The first-order valence-electron chi connectivity index (χ1n) is 6.21. The lowest BCUT2D eigenvalue weighted by atomic mass is 10.2. The third-order valence-electron chi connectivity index (χ3n) is 3.07. The van der Waals surface area contributed by atoms with Gasteiger partial charge in [-0.2, -0.15) is 0 Å². The zero-order chi connectivity index (χ0) is 12.1. The largest absolute Gasteiger partial charge is 0.377 e. The molecule has 17 heavy (non-hydrogen) atoms. The SMILES string of the molecule is CNc1ccc(CN(C)CC2CCCO2)cn1. The van der Waals surface area contributed by atoms with Crippen LogP contribution in [0.2, 0.25) is 0 Å². The van der Waals surface area contributed by atoms with Crippen LogP contribution in [0.15, 0.2) is 18.3 Å². The monoisotopic (exact) mass is 235 g/mol. The maximum Gasteiger partial charge on any atom is 0.125 e. The molecule has 0 bridgehead atoms. The molecule has 0 spiro atoms. The lowest BCUT2D eigenvalue weighted by Crippen LogP contribution is -2.28. The third kappa shape index (κ3) is 3.68. The summed E-state index contributed by atoms with van der Waals surface area (Å²) in [4.78, 5) is 6.61. The first-order valence-corrected chi connectivity index (χ1v) is 6.21. The minimum absolute atomic E-state index is 0.421. The molecule has 1 aromatic heterocycles. The first-order chi connectivity index (χ1) is 8.28. The van der Waals surface area contributed by atoms with Crippen molar-refractivity contribution in [3.63, 3.8) is 0 Å². The van der Waals surface area contributed by atoms with Crippen LogP contribution in [0.4, 0.5) is 5.82 Å². The van der Waals surface area contributed by atoms with Crippen molar-refractivity contribution >= 4 is 5.82 Å². The molecule has 0 radical (unpaired) electrons. The summed E-state index contributed by atoms with van der Waals surface area (Å²) in [5, 5.41) is 3.02. The van der Waals surface area contributed by atoms with Gasteiger partial charge in [0.1, 0.15) is 5.82 Å². The highest BCUT2D eigenvalue weighted by atomic mass is 16.5. The van der Waals surface area contributed by atoms with E-state index in [2.05, 4.69) is 28.3 Å². The fraction of sp³-hybridized carbons (Fsp3) is 0.615. The van der Waals surface area contributed by atoms with Crippen LogP contribution in [-0.2, 0) is 11.3 Å². The topological polar surface area (TPSA) is 37.4 Å². The van der Waals surface area contributed by atoms with Crippen LogP contribution in [0.1, 0.15) is 18.4 Å². The summed E-state index contributed by atoms with van der Waals surface area (Å²) in [5.74, 6) is 0.913. The van der Waals surface area contributed by atoms with Crippen molar-refractivity contribution in [3.05, 3.63) is 23.9 Å². The van der Waals surface area contributed by atoms with Crippen molar-refractivity contribution in [2.75, 3.05) is 32.6 Å². The smallest absolute Gasteiger partial charge is 0.125 e. The number of hydrogen-bond donors (Lipinski definition) is 1. The molecule has 2 rings (SSSR count). The van der Waals surface area contributed by atoms with Gasteiger partial charge in [0.05, 0.1) is 6.10 Å². The minimum atomic E-state index is 0.421. The van der Waals surface area contributed by atoms with E-state index in [1.807, 2.05) is 19.3 Å². The zero-order valence-electron chi connectivity index (χ0n) is 10.6. The van der Waals surface area contributed by atoms with Gasteiger partial charge in [-0.05, 0) is 31.5 Å². The van der Waals surface area contributed by atoms with Gasteiger partial charge in [-0.25, -0.2) is 4.98 Å². The van der Waals surface area contributed by atoms with Crippen LogP contribution in [0, 0.1) is 0 Å². The Morgan fingerprint density at radius 3 is 3.00 bits per heavy atom. The van der Waals surface area contributed by atoms with E-state index in [0.29, 0.717) is 6.10 Å². The molecule has 2 heterocycles. The second kappa shape index (κ2) is 5.98. The highest BCUT2D eigenvalue weighted by Gasteiger charge is 2.17. The van der Waals surface area contributed by atoms with E-state index >= 15 is 0 Å². The summed E-state index contributed by atoms with van der Waals surface area (Å²) in [6.45, 7) is 2.86. The highest BCUT2D eigenvalue weighted by molar-refractivity contribution is 5.34. The minimum Gasteiger partial charge on any atom is -0.377 e. The van der Waals surface area contributed by atoms with Crippen LogP contribution < -0.4 is 5.32 Å². The molecule has 4 heteroatoms. The van der Waals surface area contributed by atoms with Crippen LogP contribution >= 0.6 is 0 Å². The van der Waals surface area contributed by atoms with E-state index in [9.17, 15) is 0 Å². The average molecular weight is 235 g/mol. The molecule has 1 aliphatic rings. The Kier molecular flexibility index (Phi) is 4.34. The van der Waals surface area contributed by atoms with Gasteiger partial charge in [0.2, 0.25) is 0 Å². The number of anilines is 1. The van der Waals surface area contributed by atoms with E-state index in [1.165, 1.54) is 18.4 Å². The van der Waals surface area contributed by atoms with Gasteiger partial charge in [-0.3, -0.25) is 4.90 Å². The second-order valence-electron chi connectivity index (χ2n) is 4.63. The Morgan fingerprint density at radius 1 is 1.53 bits per heavy atom. The van der Waals surface area contributed by atoms with E-state index < -0.39 is 0 Å². The molecule has 4 nitrogen and oxygen atoms in total. The van der Waals surface area contributed by atoms with Crippen molar-refractivity contribution in [3.8, 4) is 0 Å². The molecule has 1 aromatic rings. The third-order valence-corrected chi connectivity index (χ3v) is 3.07. The summed E-state index contributed by atoms with van der Waals surface area (Å²) in [7, 11) is 4.01. The molecule has 1 fully saturated rings. The first kappa shape index (κ1) is 12.3. The normalized spacial score (nSPS) is 19.8. The molecular formula is C13H21N3O. The van der Waals surface area contributed by atoms with Crippen molar-refractivity contribution < 1.29 is 4.74 Å². The van der Waals surface area contributed by atoms with Gasteiger partial charge in [0.25, 0.3) is 0 Å². The van der Waals surface area contributed by atoms with Crippen LogP contribution in [0.25, 0.3) is 0 Å². The molecule has 1 atom stereocenters. The number of aromatic nitrogens is 1. The van der Waals surface area contributed by atoms with Gasteiger partial charge >= 0.3 is 0 Å². The second-order valence-corrected chi connectivity index (χ2v) is 4.63. The van der Waals surface area contributed by atoms with Gasteiger partial charge in [-0.1, -0.05) is 6.07 Å². The maximum atomic E-state index is 5.63. The number of rotatable bonds is 5. The Balaban J connectivity index is 1.81. The summed E-state index contributed by atoms with van der Waals surface area (Å²) < 4.78 is 5.63. The van der Waals surface area contributed by atoms with Crippen molar-refractivity contribution in [2.24, 2.45) is 0 Å². The standard InChI is InChI=1S/C13H21N3O/c1-14-13-6-5-11(8-15-13)9-16(2)10-12-4-3-7-17-12/h5-6,8,12H,3-4,7,9-10H2,1-2H3,(H,14,15). The van der Waals surface area contributed by atoms with Crippen molar-refractivity contribution in [1.82, 2.24) is 9.88 Å². The number of nitrogens with zero attached hydrogens (tertiary/aromatic N) is 2. The van der Waals surface area contributed by atoms with Crippen molar-refractivity contribution in [1.29, 1.82) is 0 Å². The van der Waals surface area contributed by atoms with E-state index in [-0.39, 0.29) is 0 Å². The fourth-order valence-corrected chi connectivity index (χ4v) is 2.18. The lowest BCUT2D eigenvalue weighted by Gasteiger charge is -2.20. The Labute approximate surface area is 103 Å². The quantitative estimate of drug-likeness (QED) is 0.843. The molecule has 0 saturated carbocycles. The van der Waals surface area contributed by atoms with Crippen LogP contribution in [-0.4, -0.2) is 43.2 Å². The van der Waals surface area contributed by atoms with Gasteiger partial charge in [0.15, 0.2) is 0 Å². The zero-order valence-corrected chi connectivity index (χ0v) is 10.6. The molecular weight excluding hydrogens is 214 g/mol. The molecule has 94 valence electrons.